The minimum Gasteiger partial charge on any atom is -0.358 e. The summed E-state index contributed by atoms with van der Waals surface area (Å²) in [4.78, 5) is 26.2. The van der Waals surface area contributed by atoms with Crippen molar-refractivity contribution in [2.24, 2.45) is 5.92 Å². The quantitative estimate of drug-likeness (QED) is 0.551. The summed E-state index contributed by atoms with van der Waals surface area (Å²) in [5.41, 5.74) is 1.89. The van der Waals surface area contributed by atoms with E-state index < -0.39 is 6.10 Å². The van der Waals surface area contributed by atoms with Crippen LogP contribution in [0.4, 0.5) is 0 Å². The number of carbonyl (C=O) groups excluding carboxylic acids is 2. The molecule has 29 heavy (non-hydrogen) atoms. The Morgan fingerprint density at radius 3 is 2.45 bits per heavy atom. The molecule has 0 aromatic heterocycles. The van der Waals surface area contributed by atoms with Crippen molar-refractivity contribution in [2.45, 2.75) is 43.9 Å². The lowest BCUT2D eigenvalue weighted by atomic mass is 9.90. The van der Waals surface area contributed by atoms with Crippen molar-refractivity contribution in [1.29, 1.82) is 0 Å². The molecule has 4 nitrogen and oxygen atoms in total. The molecule has 2 fully saturated rings. The summed E-state index contributed by atoms with van der Waals surface area (Å²) >= 11 is 12.4. The van der Waals surface area contributed by atoms with Gasteiger partial charge >= 0.3 is 0 Å². The van der Waals surface area contributed by atoms with Crippen LogP contribution in [-0.4, -0.2) is 29.7 Å². The number of rotatable bonds is 7. The van der Waals surface area contributed by atoms with Gasteiger partial charge in [-0.15, -0.1) is 0 Å². The van der Waals surface area contributed by atoms with Crippen LogP contribution in [0.3, 0.4) is 0 Å². The van der Waals surface area contributed by atoms with Gasteiger partial charge in [-0.25, -0.2) is 0 Å². The van der Waals surface area contributed by atoms with Crippen LogP contribution in [0.15, 0.2) is 48.5 Å². The van der Waals surface area contributed by atoms with E-state index >= 15 is 0 Å². The number of aldehydes is 1. The fraction of sp³-hybridized carbons (Fsp3) is 0.391. The Hall–Kier alpha value is -1.88. The van der Waals surface area contributed by atoms with Gasteiger partial charge in [0.25, 0.3) is 5.91 Å². The van der Waals surface area contributed by atoms with Crippen LogP contribution in [0.2, 0.25) is 10.0 Å². The van der Waals surface area contributed by atoms with E-state index in [4.69, 9.17) is 27.9 Å². The SMILES string of the molecule is O=CCC[C@H]1O[C@H](c2cccc(Cl)c2)[C@H](c2ccc(Cl)cc2)N(CC2CC2)C1=O. The number of morpholine rings is 1. The van der Waals surface area contributed by atoms with E-state index in [2.05, 4.69) is 0 Å². The standard InChI is InChI=1S/C23H23Cl2NO3/c24-18-10-8-16(9-11-18)21-22(17-3-1-4-19(25)13-17)29-20(5-2-12-27)23(28)26(21)14-15-6-7-15/h1,3-4,8-13,15,20-22H,2,5-7,14H2/t20-,21+,22-/m1/s1. The lowest BCUT2D eigenvalue weighted by Gasteiger charge is -2.45. The number of nitrogens with zero attached hydrogens (tertiary/aromatic N) is 1. The van der Waals surface area contributed by atoms with Crippen molar-refractivity contribution in [3.8, 4) is 0 Å². The lowest BCUT2D eigenvalue weighted by molar-refractivity contribution is -0.175. The number of halogens is 2. The van der Waals surface area contributed by atoms with E-state index in [1.165, 1.54) is 0 Å². The van der Waals surface area contributed by atoms with Crippen molar-refractivity contribution in [3.05, 3.63) is 69.7 Å². The fourth-order valence-electron chi connectivity index (χ4n) is 3.95. The number of hydrogen-bond donors (Lipinski definition) is 0. The zero-order valence-electron chi connectivity index (χ0n) is 16.0. The topological polar surface area (TPSA) is 46.6 Å². The molecule has 0 spiro atoms. The maximum Gasteiger partial charge on any atom is 0.252 e. The van der Waals surface area contributed by atoms with Gasteiger partial charge in [-0.3, -0.25) is 4.79 Å². The molecule has 2 aliphatic rings. The maximum absolute atomic E-state index is 13.3. The third-order valence-electron chi connectivity index (χ3n) is 5.58. The average Bonchev–Trinajstić information content (AvgIpc) is 3.53. The molecule has 0 unspecified atom stereocenters. The highest BCUT2D eigenvalue weighted by Gasteiger charge is 2.45. The van der Waals surface area contributed by atoms with E-state index in [-0.39, 0.29) is 18.1 Å². The highest BCUT2D eigenvalue weighted by atomic mass is 35.5. The lowest BCUT2D eigenvalue weighted by Crippen LogP contribution is -2.51. The summed E-state index contributed by atoms with van der Waals surface area (Å²) in [6.07, 6.45) is 2.78. The third-order valence-corrected chi connectivity index (χ3v) is 6.07. The Morgan fingerprint density at radius 2 is 1.79 bits per heavy atom. The summed E-state index contributed by atoms with van der Waals surface area (Å²) in [6.45, 7) is 0.699. The summed E-state index contributed by atoms with van der Waals surface area (Å²) in [5.74, 6) is 0.482. The van der Waals surface area contributed by atoms with Crippen LogP contribution in [0, 0.1) is 5.92 Å². The molecule has 1 aliphatic carbocycles. The van der Waals surface area contributed by atoms with E-state index in [1.807, 2.05) is 53.4 Å². The minimum atomic E-state index is -0.633. The van der Waals surface area contributed by atoms with Gasteiger partial charge in [0.1, 0.15) is 18.5 Å². The summed E-state index contributed by atoms with van der Waals surface area (Å²) < 4.78 is 6.33. The Balaban J connectivity index is 1.76. The molecule has 1 saturated heterocycles. The molecule has 0 N–H and O–H groups in total. The predicted octanol–water partition coefficient (Wildman–Crippen LogP) is 5.39. The maximum atomic E-state index is 13.3. The van der Waals surface area contributed by atoms with Gasteiger partial charge in [-0.2, -0.15) is 0 Å². The van der Waals surface area contributed by atoms with Crippen molar-refractivity contribution in [2.75, 3.05) is 6.54 Å². The second-order valence-electron chi connectivity index (χ2n) is 7.77. The molecule has 6 heteroatoms. The molecule has 0 bridgehead atoms. The average molecular weight is 432 g/mol. The molecule has 0 radical (unpaired) electrons. The minimum absolute atomic E-state index is 0.0445. The zero-order valence-corrected chi connectivity index (χ0v) is 17.5. The molecule has 1 heterocycles. The van der Waals surface area contributed by atoms with Crippen LogP contribution in [0.25, 0.3) is 0 Å². The zero-order chi connectivity index (χ0) is 20.4. The molecule has 2 aromatic rings. The first-order valence-corrected chi connectivity index (χ1v) is 10.7. The number of hydrogen-bond acceptors (Lipinski definition) is 3. The molecule has 1 aliphatic heterocycles. The first-order chi connectivity index (χ1) is 14.1. The van der Waals surface area contributed by atoms with Crippen molar-refractivity contribution < 1.29 is 14.3 Å². The highest BCUT2D eigenvalue weighted by Crippen LogP contribution is 2.45. The second kappa shape index (κ2) is 8.86. The van der Waals surface area contributed by atoms with E-state index in [9.17, 15) is 9.59 Å². The summed E-state index contributed by atoms with van der Waals surface area (Å²) in [5, 5.41) is 1.27. The van der Waals surface area contributed by atoms with E-state index in [0.717, 1.165) is 30.3 Å². The Bertz CT molecular complexity index is 882. The molecular weight excluding hydrogens is 409 g/mol. The molecule has 4 rings (SSSR count). The smallest absolute Gasteiger partial charge is 0.252 e. The molecular formula is C23H23Cl2NO3. The highest BCUT2D eigenvalue weighted by molar-refractivity contribution is 6.30. The molecule has 1 saturated carbocycles. The van der Waals surface area contributed by atoms with Gasteiger partial charge in [0.15, 0.2) is 0 Å². The van der Waals surface area contributed by atoms with Gasteiger partial charge in [0, 0.05) is 23.0 Å². The van der Waals surface area contributed by atoms with Crippen molar-refractivity contribution >= 4 is 35.4 Å². The van der Waals surface area contributed by atoms with Gasteiger partial charge < -0.3 is 14.4 Å². The molecule has 1 amide bonds. The van der Waals surface area contributed by atoms with Gasteiger partial charge in [0.05, 0.1) is 6.04 Å². The number of carbonyl (C=O) groups is 2. The number of amides is 1. The molecule has 2 aromatic carbocycles. The van der Waals surface area contributed by atoms with Gasteiger partial charge in [0.2, 0.25) is 0 Å². The number of ether oxygens (including phenoxy) is 1. The normalized spacial score (nSPS) is 24.6. The van der Waals surface area contributed by atoms with E-state index in [0.29, 0.717) is 35.3 Å². The predicted molar refractivity (Wildman–Crippen MR) is 113 cm³/mol. The van der Waals surface area contributed by atoms with Crippen LogP contribution >= 0.6 is 23.2 Å². The van der Waals surface area contributed by atoms with E-state index in [1.54, 1.807) is 0 Å². The molecule has 3 atom stereocenters. The summed E-state index contributed by atoms with van der Waals surface area (Å²) in [6, 6.07) is 14.9. The number of benzene rings is 2. The van der Waals surface area contributed by atoms with Gasteiger partial charge in [-0.05, 0) is 60.6 Å². The van der Waals surface area contributed by atoms with Crippen molar-refractivity contribution in [3.63, 3.8) is 0 Å². The summed E-state index contributed by atoms with van der Waals surface area (Å²) in [7, 11) is 0. The molecule has 152 valence electrons. The fourth-order valence-corrected chi connectivity index (χ4v) is 4.27. The second-order valence-corrected chi connectivity index (χ2v) is 8.65. The Kier molecular flexibility index (Phi) is 6.23. The van der Waals surface area contributed by atoms with Crippen LogP contribution < -0.4 is 0 Å². The van der Waals surface area contributed by atoms with Crippen molar-refractivity contribution in [1.82, 2.24) is 4.90 Å². The first kappa shape index (κ1) is 20.4. The van der Waals surface area contributed by atoms with Crippen LogP contribution in [0.1, 0.15) is 49.0 Å². The monoisotopic (exact) mass is 431 g/mol. The van der Waals surface area contributed by atoms with Gasteiger partial charge in [-0.1, -0.05) is 47.5 Å². The third kappa shape index (κ3) is 4.66. The largest absolute Gasteiger partial charge is 0.358 e. The van der Waals surface area contributed by atoms with Crippen LogP contribution in [0.5, 0.6) is 0 Å². The Morgan fingerprint density at radius 1 is 1.03 bits per heavy atom. The van der Waals surface area contributed by atoms with Crippen LogP contribution in [-0.2, 0) is 14.3 Å². The Labute approximate surface area is 180 Å². The first-order valence-electron chi connectivity index (χ1n) is 9.97.